The Morgan fingerprint density at radius 3 is 2.85 bits per heavy atom. The molecule has 2 rings (SSSR count). The molecule has 20 heavy (non-hydrogen) atoms. The van der Waals surface area contributed by atoms with Crippen LogP contribution in [0.3, 0.4) is 0 Å². The Bertz CT molecular complexity index is 511. The van der Waals surface area contributed by atoms with Gasteiger partial charge in [-0.05, 0) is 54.4 Å². The van der Waals surface area contributed by atoms with Crippen LogP contribution < -0.4 is 14.8 Å². The first-order valence-corrected chi connectivity index (χ1v) is 7.15. The van der Waals surface area contributed by atoms with E-state index in [-0.39, 0.29) is 19.3 Å². The predicted octanol–water partition coefficient (Wildman–Crippen LogP) is 2.61. The lowest BCUT2D eigenvalue weighted by Gasteiger charge is -2.19. The van der Waals surface area contributed by atoms with Crippen LogP contribution in [0.4, 0.5) is 0 Å². The summed E-state index contributed by atoms with van der Waals surface area (Å²) in [4.78, 5) is 11.6. The van der Waals surface area contributed by atoms with Gasteiger partial charge in [0.25, 0.3) is 0 Å². The van der Waals surface area contributed by atoms with Crippen molar-refractivity contribution in [3.05, 3.63) is 22.2 Å². The van der Waals surface area contributed by atoms with Crippen molar-refractivity contribution in [3.8, 4) is 11.5 Å². The minimum atomic E-state index is -0.458. The lowest BCUT2D eigenvalue weighted by Crippen LogP contribution is -2.31. The molecular formula is C14H18BrNO4. The first-order chi connectivity index (χ1) is 9.35. The number of rotatable bonds is 4. The number of halogens is 1. The van der Waals surface area contributed by atoms with Crippen LogP contribution >= 0.6 is 15.9 Å². The molecule has 0 saturated heterocycles. The lowest BCUT2D eigenvalue weighted by molar-refractivity contribution is -0.153. The Balaban J connectivity index is 1.86. The largest absolute Gasteiger partial charge is 0.459 e. The zero-order chi connectivity index (χ0) is 14.8. The van der Waals surface area contributed by atoms with Gasteiger partial charge in [0.2, 0.25) is 6.79 Å². The van der Waals surface area contributed by atoms with Crippen molar-refractivity contribution in [1.29, 1.82) is 0 Å². The maximum atomic E-state index is 11.6. The van der Waals surface area contributed by atoms with Gasteiger partial charge in [-0.1, -0.05) is 0 Å². The summed E-state index contributed by atoms with van der Waals surface area (Å²) in [6, 6.07) is 3.84. The fourth-order valence-corrected chi connectivity index (χ4v) is 2.41. The molecular weight excluding hydrogens is 326 g/mol. The molecule has 0 aliphatic carbocycles. The topological polar surface area (TPSA) is 56.8 Å². The third-order valence-electron chi connectivity index (χ3n) is 2.51. The molecule has 0 bridgehead atoms. The van der Waals surface area contributed by atoms with Gasteiger partial charge in [0.1, 0.15) is 5.60 Å². The van der Waals surface area contributed by atoms with Gasteiger partial charge in [0.15, 0.2) is 11.5 Å². The highest BCUT2D eigenvalue weighted by Crippen LogP contribution is 2.39. The molecule has 0 spiro atoms. The maximum Gasteiger partial charge on any atom is 0.320 e. The van der Waals surface area contributed by atoms with Gasteiger partial charge in [0, 0.05) is 6.54 Å². The van der Waals surface area contributed by atoms with Gasteiger partial charge >= 0.3 is 5.97 Å². The number of hydrogen-bond acceptors (Lipinski definition) is 5. The van der Waals surface area contributed by atoms with E-state index in [0.29, 0.717) is 12.3 Å². The second-order valence-corrected chi connectivity index (χ2v) is 6.36. The first kappa shape index (κ1) is 15.1. The molecule has 0 amide bonds. The van der Waals surface area contributed by atoms with Crippen molar-refractivity contribution < 1.29 is 19.0 Å². The summed E-state index contributed by atoms with van der Waals surface area (Å²) in [6.45, 7) is 6.50. The van der Waals surface area contributed by atoms with Gasteiger partial charge in [-0.2, -0.15) is 0 Å². The number of hydrogen-bond donors (Lipinski definition) is 1. The van der Waals surface area contributed by atoms with Gasteiger partial charge in [-0.15, -0.1) is 0 Å². The maximum absolute atomic E-state index is 11.6. The number of carbonyl (C=O) groups is 1. The molecule has 1 aromatic carbocycles. The third-order valence-corrected chi connectivity index (χ3v) is 3.09. The highest BCUT2D eigenvalue weighted by atomic mass is 79.9. The fourth-order valence-electron chi connectivity index (χ4n) is 1.81. The quantitative estimate of drug-likeness (QED) is 0.851. The number of benzene rings is 1. The minimum absolute atomic E-state index is 0.170. The number of carbonyl (C=O) groups excluding carboxylic acids is 1. The average molecular weight is 344 g/mol. The van der Waals surface area contributed by atoms with Crippen molar-refractivity contribution in [2.45, 2.75) is 32.9 Å². The van der Waals surface area contributed by atoms with Gasteiger partial charge < -0.3 is 19.5 Å². The number of fused-ring (bicyclic) bond motifs is 1. The third kappa shape index (κ3) is 4.11. The molecule has 0 aromatic heterocycles. The van der Waals surface area contributed by atoms with E-state index in [0.717, 1.165) is 15.8 Å². The van der Waals surface area contributed by atoms with Crippen LogP contribution in [-0.4, -0.2) is 24.9 Å². The number of esters is 1. The van der Waals surface area contributed by atoms with Gasteiger partial charge in [-0.25, -0.2) is 0 Å². The lowest BCUT2D eigenvalue weighted by atomic mass is 10.2. The van der Waals surface area contributed by atoms with E-state index in [2.05, 4.69) is 21.2 Å². The summed E-state index contributed by atoms with van der Waals surface area (Å²) in [5.41, 5.74) is 0.547. The Morgan fingerprint density at radius 2 is 2.15 bits per heavy atom. The number of ether oxygens (including phenoxy) is 3. The van der Waals surface area contributed by atoms with Crippen molar-refractivity contribution in [3.63, 3.8) is 0 Å². The molecule has 5 nitrogen and oxygen atoms in total. The predicted molar refractivity (Wildman–Crippen MR) is 77.8 cm³/mol. The molecule has 1 heterocycles. The summed E-state index contributed by atoms with van der Waals surface area (Å²) < 4.78 is 16.7. The van der Waals surface area contributed by atoms with E-state index >= 15 is 0 Å². The zero-order valence-corrected chi connectivity index (χ0v) is 13.4. The average Bonchev–Trinajstić information content (AvgIpc) is 2.75. The summed E-state index contributed by atoms with van der Waals surface area (Å²) in [5, 5.41) is 3.05. The first-order valence-electron chi connectivity index (χ1n) is 6.36. The summed E-state index contributed by atoms with van der Waals surface area (Å²) in [6.07, 6.45) is 0. The highest BCUT2D eigenvalue weighted by molar-refractivity contribution is 9.10. The second-order valence-electron chi connectivity index (χ2n) is 5.50. The van der Waals surface area contributed by atoms with Gasteiger partial charge in [0.05, 0.1) is 11.0 Å². The normalized spacial score (nSPS) is 13.4. The van der Waals surface area contributed by atoms with Crippen LogP contribution in [0.5, 0.6) is 11.5 Å². The molecule has 1 aliphatic heterocycles. The molecule has 0 saturated carbocycles. The number of nitrogens with one attached hydrogen (secondary N) is 1. The van der Waals surface area contributed by atoms with E-state index in [9.17, 15) is 4.79 Å². The molecule has 110 valence electrons. The smallest absolute Gasteiger partial charge is 0.320 e. The van der Waals surface area contributed by atoms with Crippen LogP contribution in [0.25, 0.3) is 0 Å². The SMILES string of the molecule is CC(C)(C)OC(=O)CNCc1cc(Br)c2c(c1)OCO2. The van der Waals surface area contributed by atoms with E-state index in [1.54, 1.807) is 0 Å². The van der Waals surface area contributed by atoms with E-state index in [1.807, 2.05) is 32.9 Å². The summed E-state index contributed by atoms with van der Waals surface area (Å²) in [7, 11) is 0. The summed E-state index contributed by atoms with van der Waals surface area (Å²) in [5.74, 6) is 1.17. The van der Waals surface area contributed by atoms with E-state index in [4.69, 9.17) is 14.2 Å². The minimum Gasteiger partial charge on any atom is -0.459 e. The van der Waals surface area contributed by atoms with E-state index in [1.165, 1.54) is 0 Å². The molecule has 1 aliphatic rings. The Labute approximate surface area is 126 Å². The standard InChI is InChI=1S/C14H18BrNO4/c1-14(2,3)20-12(17)7-16-6-9-4-10(15)13-11(5-9)18-8-19-13/h4-5,16H,6-8H2,1-3H3. The Morgan fingerprint density at radius 1 is 1.40 bits per heavy atom. The molecule has 6 heteroatoms. The van der Waals surface area contributed by atoms with Crippen molar-refractivity contribution in [2.75, 3.05) is 13.3 Å². The van der Waals surface area contributed by atoms with Crippen molar-refractivity contribution in [2.24, 2.45) is 0 Å². The molecule has 0 radical (unpaired) electrons. The molecule has 1 aromatic rings. The second kappa shape index (κ2) is 6.01. The van der Waals surface area contributed by atoms with Crippen molar-refractivity contribution >= 4 is 21.9 Å². The van der Waals surface area contributed by atoms with Crippen LogP contribution in [0, 0.1) is 0 Å². The molecule has 0 fully saturated rings. The van der Waals surface area contributed by atoms with Crippen LogP contribution in [0.2, 0.25) is 0 Å². The Hall–Kier alpha value is -1.27. The monoisotopic (exact) mass is 343 g/mol. The zero-order valence-electron chi connectivity index (χ0n) is 11.8. The van der Waals surface area contributed by atoms with Crippen LogP contribution in [0.1, 0.15) is 26.3 Å². The molecule has 0 unspecified atom stereocenters. The molecule has 1 N–H and O–H groups in total. The van der Waals surface area contributed by atoms with E-state index < -0.39 is 5.60 Å². The van der Waals surface area contributed by atoms with Gasteiger partial charge in [-0.3, -0.25) is 4.79 Å². The summed E-state index contributed by atoms with van der Waals surface area (Å²) >= 11 is 3.43. The Kier molecular flexibility index (Phi) is 4.55. The highest BCUT2D eigenvalue weighted by Gasteiger charge is 2.18. The molecule has 0 atom stereocenters. The van der Waals surface area contributed by atoms with Crippen LogP contribution in [0.15, 0.2) is 16.6 Å². The fraction of sp³-hybridized carbons (Fsp3) is 0.500. The van der Waals surface area contributed by atoms with Crippen LogP contribution in [-0.2, 0) is 16.1 Å². The van der Waals surface area contributed by atoms with Crippen molar-refractivity contribution in [1.82, 2.24) is 5.32 Å².